The number of aliphatic hydroxyl groups is 1. The lowest BCUT2D eigenvalue weighted by Gasteiger charge is -2.26. The number of hydrogen-bond acceptors (Lipinski definition) is 2. The molecule has 0 aliphatic carbocycles. The summed E-state index contributed by atoms with van der Waals surface area (Å²) in [6.07, 6.45) is 2.46. The molecule has 0 aromatic heterocycles. The third-order valence-corrected chi connectivity index (χ3v) is 3.15. The number of benzene rings is 1. The van der Waals surface area contributed by atoms with E-state index in [9.17, 15) is 9.18 Å². The number of rotatable bonds is 2. The summed E-state index contributed by atoms with van der Waals surface area (Å²) in [4.78, 5) is 13.4. The highest BCUT2D eigenvalue weighted by molar-refractivity contribution is 5.76. The standard InChI is InChI=1S/C15H16FNO2/c16-14-10-12(4-3-9-18)6-7-13(14)11-17-8-2-1-5-15(17)19/h6-7,10,18H,1-2,5,8-9,11H2. The lowest BCUT2D eigenvalue weighted by molar-refractivity contribution is -0.133. The number of carbonyl (C=O) groups excluding carboxylic acids is 1. The first kappa shape index (κ1) is 13.6. The number of likely N-dealkylation sites (tertiary alicyclic amines) is 1. The summed E-state index contributed by atoms with van der Waals surface area (Å²) in [5, 5.41) is 8.59. The fourth-order valence-electron chi connectivity index (χ4n) is 2.13. The molecule has 0 spiro atoms. The molecule has 1 aromatic rings. The second kappa shape index (κ2) is 6.35. The number of piperidine rings is 1. The molecule has 1 aliphatic heterocycles. The van der Waals surface area contributed by atoms with Gasteiger partial charge in [0.2, 0.25) is 5.91 Å². The fraction of sp³-hybridized carbons (Fsp3) is 0.400. The molecule has 100 valence electrons. The molecule has 0 atom stereocenters. The maximum Gasteiger partial charge on any atom is 0.222 e. The van der Waals surface area contributed by atoms with E-state index in [2.05, 4.69) is 11.8 Å². The van der Waals surface area contributed by atoms with Crippen LogP contribution in [-0.2, 0) is 11.3 Å². The second-order valence-electron chi connectivity index (χ2n) is 4.54. The van der Waals surface area contributed by atoms with Gasteiger partial charge in [0.1, 0.15) is 12.4 Å². The van der Waals surface area contributed by atoms with Crippen LogP contribution in [0.1, 0.15) is 30.4 Å². The van der Waals surface area contributed by atoms with Crippen molar-refractivity contribution < 1.29 is 14.3 Å². The minimum absolute atomic E-state index is 0.0924. The SMILES string of the molecule is O=C1CCCCN1Cc1ccc(C#CCO)cc1F. The number of nitrogens with zero attached hydrogens (tertiary/aromatic N) is 1. The summed E-state index contributed by atoms with van der Waals surface area (Å²) in [7, 11) is 0. The number of hydrogen-bond donors (Lipinski definition) is 1. The van der Waals surface area contributed by atoms with Crippen molar-refractivity contribution >= 4 is 5.91 Å². The summed E-state index contributed by atoms with van der Waals surface area (Å²) in [6.45, 7) is 0.772. The Morgan fingerprint density at radius 3 is 2.89 bits per heavy atom. The number of aliphatic hydroxyl groups excluding tert-OH is 1. The third-order valence-electron chi connectivity index (χ3n) is 3.15. The number of carbonyl (C=O) groups is 1. The zero-order valence-corrected chi connectivity index (χ0v) is 10.7. The monoisotopic (exact) mass is 261 g/mol. The third kappa shape index (κ3) is 3.55. The van der Waals surface area contributed by atoms with Gasteiger partial charge in [0.25, 0.3) is 0 Å². The van der Waals surface area contributed by atoms with E-state index >= 15 is 0 Å². The van der Waals surface area contributed by atoms with E-state index in [-0.39, 0.29) is 18.3 Å². The fourth-order valence-corrected chi connectivity index (χ4v) is 2.13. The normalized spacial score (nSPS) is 15.1. The van der Waals surface area contributed by atoms with Crippen molar-refractivity contribution in [3.63, 3.8) is 0 Å². The van der Waals surface area contributed by atoms with Gasteiger partial charge < -0.3 is 10.0 Å². The van der Waals surface area contributed by atoms with Crippen LogP contribution in [0.3, 0.4) is 0 Å². The lowest BCUT2D eigenvalue weighted by Crippen LogP contribution is -2.34. The molecule has 1 amide bonds. The summed E-state index contributed by atoms with van der Waals surface area (Å²) >= 11 is 0. The van der Waals surface area contributed by atoms with Crippen LogP contribution in [0.2, 0.25) is 0 Å². The van der Waals surface area contributed by atoms with Gasteiger partial charge in [0, 0.05) is 30.6 Å². The van der Waals surface area contributed by atoms with Gasteiger partial charge in [0.05, 0.1) is 0 Å². The van der Waals surface area contributed by atoms with Crippen LogP contribution in [-0.4, -0.2) is 29.1 Å². The Labute approximate surface area is 112 Å². The smallest absolute Gasteiger partial charge is 0.222 e. The molecule has 2 rings (SSSR count). The topological polar surface area (TPSA) is 40.5 Å². The molecule has 0 unspecified atom stereocenters. The molecular formula is C15H16FNO2. The molecular weight excluding hydrogens is 245 g/mol. The van der Waals surface area contributed by atoms with Gasteiger partial charge in [-0.15, -0.1) is 0 Å². The zero-order chi connectivity index (χ0) is 13.7. The predicted octanol–water partition coefficient (Wildman–Crippen LogP) is 1.68. The van der Waals surface area contributed by atoms with Gasteiger partial charge >= 0.3 is 0 Å². The highest BCUT2D eigenvalue weighted by Gasteiger charge is 2.19. The highest BCUT2D eigenvalue weighted by Crippen LogP contribution is 2.17. The van der Waals surface area contributed by atoms with Crippen LogP contribution < -0.4 is 0 Å². The van der Waals surface area contributed by atoms with Crippen LogP contribution in [0.25, 0.3) is 0 Å². The van der Waals surface area contributed by atoms with Gasteiger partial charge in [-0.1, -0.05) is 17.9 Å². The Morgan fingerprint density at radius 2 is 2.21 bits per heavy atom. The average molecular weight is 261 g/mol. The first-order valence-electron chi connectivity index (χ1n) is 6.36. The molecule has 1 aromatic carbocycles. The molecule has 0 saturated carbocycles. The van der Waals surface area contributed by atoms with Gasteiger partial charge in [-0.25, -0.2) is 4.39 Å². The molecule has 1 aliphatic rings. The Kier molecular flexibility index (Phi) is 4.53. The van der Waals surface area contributed by atoms with Gasteiger partial charge in [-0.05, 0) is 25.0 Å². The maximum absolute atomic E-state index is 13.9. The van der Waals surface area contributed by atoms with Crippen LogP contribution in [0.4, 0.5) is 4.39 Å². The van der Waals surface area contributed by atoms with Crippen LogP contribution >= 0.6 is 0 Å². The van der Waals surface area contributed by atoms with Crippen LogP contribution in [0.5, 0.6) is 0 Å². The summed E-state index contributed by atoms with van der Waals surface area (Å²) in [6, 6.07) is 4.69. The summed E-state index contributed by atoms with van der Waals surface area (Å²) in [5.41, 5.74) is 1.03. The van der Waals surface area contributed by atoms with Crippen LogP contribution in [0.15, 0.2) is 18.2 Å². The summed E-state index contributed by atoms with van der Waals surface area (Å²) in [5.74, 6) is 4.86. The van der Waals surface area contributed by atoms with Gasteiger partial charge in [0.15, 0.2) is 0 Å². The van der Waals surface area contributed by atoms with E-state index in [1.807, 2.05) is 0 Å². The van der Waals surface area contributed by atoms with Crippen molar-refractivity contribution in [2.75, 3.05) is 13.2 Å². The van der Waals surface area contributed by atoms with Crippen molar-refractivity contribution in [2.24, 2.45) is 0 Å². The lowest BCUT2D eigenvalue weighted by atomic mass is 10.1. The quantitative estimate of drug-likeness (QED) is 0.823. The van der Waals surface area contributed by atoms with E-state index in [1.54, 1.807) is 17.0 Å². The molecule has 0 radical (unpaired) electrons. The number of amides is 1. The van der Waals surface area contributed by atoms with Gasteiger partial charge in [-0.2, -0.15) is 0 Å². The van der Waals surface area contributed by atoms with E-state index in [1.165, 1.54) is 6.07 Å². The Morgan fingerprint density at radius 1 is 1.37 bits per heavy atom. The Hall–Kier alpha value is -1.86. The molecule has 1 saturated heterocycles. The maximum atomic E-state index is 13.9. The molecule has 3 nitrogen and oxygen atoms in total. The summed E-state index contributed by atoms with van der Waals surface area (Å²) < 4.78 is 13.9. The van der Waals surface area contributed by atoms with E-state index in [0.717, 1.165) is 12.8 Å². The molecule has 19 heavy (non-hydrogen) atoms. The van der Waals surface area contributed by atoms with E-state index in [4.69, 9.17) is 5.11 Å². The number of halogens is 1. The van der Waals surface area contributed by atoms with Crippen molar-refractivity contribution in [1.82, 2.24) is 4.90 Å². The minimum atomic E-state index is -0.358. The Bertz CT molecular complexity index is 531. The van der Waals surface area contributed by atoms with Crippen molar-refractivity contribution in [1.29, 1.82) is 0 Å². The van der Waals surface area contributed by atoms with E-state index < -0.39 is 0 Å². The van der Waals surface area contributed by atoms with Gasteiger partial charge in [-0.3, -0.25) is 4.79 Å². The molecule has 4 heteroatoms. The van der Waals surface area contributed by atoms with Crippen LogP contribution in [0, 0.1) is 17.7 Å². The largest absolute Gasteiger partial charge is 0.384 e. The first-order valence-corrected chi connectivity index (χ1v) is 6.36. The first-order chi connectivity index (χ1) is 9.20. The molecule has 1 heterocycles. The van der Waals surface area contributed by atoms with E-state index in [0.29, 0.717) is 30.6 Å². The van der Waals surface area contributed by atoms with Crippen molar-refractivity contribution in [2.45, 2.75) is 25.8 Å². The highest BCUT2D eigenvalue weighted by atomic mass is 19.1. The minimum Gasteiger partial charge on any atom is -0.384 e. The van der Waals surface area contributed by atoms with Crippen molar-refractivity contribution in [3.8, 4) is 11.8 Å². The second-order valence-corrected chi connectivity index (χ2v) is 4.54. The Balaban J connectivity index is 2.10. The zero-order valence-electron chi connectivity index (χ0n) is 10.7. The average Bonchev–Trinajstić information content (AvgIpc) is 2.41. The molecule has 1 N–H and O–H groups in total. The predicted molar refractivity (Wildman–Crippen MR) is 69.6 cm³/mol. The molecule has 0 bridgehead atoms. The molecule has 1 fully saturated rings. The van der Waals surface area contributed by atoms with Crippen molar-refractivity contribution in [3.05, 3.63) is 35.1 Å².